The summed E-state index contributed by atoms with van der Waals surface area (Å²) in [4.78, 5) is 19.8. The number of phenolic OH excluding ortho intramolecular Hbond substituents is 1. The predicted octanol–water partition coefficient (Wildman–Crippen LogP) is 3.11. The first-order valence-corrected chi connectivity index (χ1v) is 9.04. The molecule has 0 unspecified atom stereocenters. The van der Waals surface area contributed by atoms with Crippen molar-refractivity contribution in [2.75, 3.05) is 0 Å². The second-order valence-corrected chi connectivity index (χ2v) is 7.83. The summed E-state index contributed by atoms with van der Waals surface area (Å²) in [6.07, 6.45) is -1.37. The number of nitrogens with zero attached hydrogens (tertiary/aromatic N) is 2. The molecule has 2 aromatic carbocycles. The summed E-state index contributed by atoms with van der Waals surface area (Å²) >= 11 is 5.97. The number of rotatable bonds is 4. The van der Waals surface area contributed by atoms with Gasteiger partial charge in [0.05, 0.1) is 11.0 Å². The molecule has 0 spiro atoms. The number of halogens is 1. The van der Waals surface area contributed by atoms with Crippen molar-refractivity contribution in [3.8, 4) is 5.75 Å². The summed E-state index contributed by atoms with van der Waals surface area (Å²) in [5.74, 6) is -0.109. The molecule has 3 aromatic rings. The number of aliphatic hydroxyl groups is 1. The van der Waals surface area contributed by atoms with E-state index >= 15 is 0 Å². The molecule has 1 aromatic heterocycles. The summed E-state index contributed by atoms with van der Waals surface area (Å²) in [6, 6.07) is 11.2. The number of hydrogen-bond acceptors (Lipinski definition) is 6. The van der Waals surface area contributed by atoms with Crippen molar-refractivity contribution in [2.24, 2.45) is 5.10 Å². The van der Waals surface area contributed by atoms with Gasteiger partial charge in [-0.15, -0.1) is 0 Å². The van der Waals surface area contributed by atoms with E-state index in [9.17, 15) is 15.0 Å². The van der Waals surface area contributed by atoms with Gasteiger partial charge in [-0.05, 0) is 45.0 Å². The Kier molecular flexibility index (Phi) is 5.40. The number of benzene rings is 2. The first-order valence-electron chi connectivity index (χ1n) is 8.66. The summed E-state index contributed by atoms with van der Waals surface area (Å²) in [6.45, 7) is 5.67. The summed E-state index contributed by atoms with van der Waals surface area (Å²) < 4.78 is 0. The number of hydrazone groups is 1. The van der Waals surface area contributed by atoms with E-state index in [0.717, 1.165) is 0 Å². The van der Waals surface area contributed by atoms with Gasteiger partial charge >= 0.3 is 0 Å². The maximum Gasteiger partial charge on any atom is 0.276 e. The number of phenols is 1. The lowest BCUT2D eigenvalue weighted by molar-refractivity contribution is 0.240. The van der Waals surface area contributed by atoms with Gasteiger partial charge < -0.3 is 20.6 Å². The Morgan fingerprint density at radius 2 is 1.96 bits per heavy atom. The highest BCUT2D eigenvalue weighted by Gasteiger charge is 2.25. The van der Waals surface area contributed by atoms with Crippen molar-refractivity contribution in [1.29, 1.82) is 0 Å². The highest BCUT2D eigenvalue weighted by Crippen LogP contribution is 2.26. The minimum Gasteiger partial charge on any atom is -0.508 e. The third-order valence-electron chi connectivity index (χ3n) is 3.90. The zero-order valence-electron chi connectivity index (χ0n) is 15.7. The Labute approximate surface area is 166 Å². The lowest BCUT2D eigenvalue weighted by Gasteiger charge is -2.21. The van der Waals surface area contributed by atoms with Crippen molar-refractivity contribution in [3.63, 3.8) is 0 Å². The fraction of sp³-hybridized carbons (Fsp3) is 0.250. The van der Waals surface area contributed by atoms with E-state index in [2.05, 4.69) is 20.5 Å². The largest absolute Gasteiger partial charge is 0.508 e. The molecule has 0 bridgehead atoms. The van der Waals surface area contributed by atoms with E-state index in [1.54, 1.807) is 36.4 Å². The fourth-order valence-corrected chi connectivity index (χ4v) is 2.74. The van der Waals surface area contributed by atoms with Gasteiger partial charge in [-0.25, -0.2) is 4.98 Å². The number of hydrogen-bond donors (Lipinski definition) is 4. The normalized spacial score (nSPS) is 13.5. The highest BCUT2D eigenvalue weighted by molar-refractivity contribution is 6.31. The Balaban J connectivity index is 2.18. The molecule has 0 aliphatic rings. The Hall–Kier alpha value is -2.90. The maximum absolute atomic E-state index is 12.7. The number of fused-ring (bicyclic) bond motifs is 1. The molecule has 0 fully saturated rings. The molecule has 3 rings (SSSR count). The zero-order chi connectivity index (χ0) is 20.5. The first kappa shape index (κ1) is 19.9. The van der Waals surface area contributed by atoms with Gasteiger partial charge in [0.2, 0.25) is 0 Å². The second kappa shape index (κ2) is 7.61. The van der Waals surface area contributed by atoms with Gasteiger partial charge in [-0.3, -0.25) is 4.79 Å². The van der Waals surface area contributed by atoms with Gasteiger partial charge in [0.25, 0.3) is 5.56 Å². The van der Waals surface area contributed by atoms with Crippen LogP contribution < -0.4 is 11.0 Å². The van der Waals surface area contributed by atoms with Crippen LogP contribution in [0.1, 0.15) is 38.1 Å². The molecule has 0 radical (unpaired) electrons. The summed E-state index contributed by atoms with van der Waals surface area (Å²) in [7, 11) is 0. The van der Waals surface area contributed by atoms with Crippen LogP contribution in [0.5, 0.6) is 5.75 Å². The molecular weight excluding hydrogens is 380 g/mol. The van der Waals surface area contributed by atoms with Gasteiger partial charge in [-0.1, -0.05) is 29.8 Å². The highest BCUT2D eigenvalue weighted by atomic mass is 35.5. The number of aliphatic hydroxyl groups excluding tert-OH is 1. The SMILES string of the molecule is CC(C)(C)N/N=C(\c1nc2ccc(Cl)cc2[nH]c1=O)[C@@H](O)c1ccccc1O. The lowest BCUT2D eigenvalue weighted by Crippen LogP contribution is -2.35. The topological polar surface area (TPSA) is 111 Å². The number of H-pyrrole nitrogens is 1. The van der Waals surface area contributed by atoms with Crippen molar-refractivity contribution in [3.05, 3.63) is 69.1 Å². The molecule has 1 atom stereocenters. The van der Waals surface area contributed by atoms with Crippen molar-refractivity contribution in [1.82, 2.24) is 15.4 Å². The molecule has 0 aliphatic heterocycles. The summed E-state index contributed by atoms with van der Waals surface area (Å²) in [5.41, 5.74) is 3.09. The van der Waals surface area contributed by atoms with Crippen molar-refractivity contribution >= 4 is 28.3 Å². The first-order chi connectivity index (χ1) is 13.2. The Morgan fingerprint density at radius 1 is 1.25 bits per heavy atom. The van der Waals surface area contributed by atoms with Gasteiger partial charge in [0.1, 0.15) is 17.6 Å². The average Bonchev–Trinajstić information content (AvgIpc) is 2.61. The van der Waals surface area contributed by atoms with Crippen LogP contribution in [0.15, 0.2) is 52.4 Å². The lowest BCUT2D eigenvalue weighted by atomic mass is 10.0. The molecule has 28 heavy (non-hydrogen) atoms. The minimum atomic E-state index is -1.37. The molecular formula is C20H21ClN4O3. The molecule has 7 nitrogen and oxygen atoms in total. The van der Waals surface area contributed by atoms with Crippen molar-refractivity contribution in [2.45, 2.75) is 32.4 Å². The molecule has 0 saturated heterocycles. The standard InChI is InChI=1S/C20H21ClN4O3/c1-20(2,3)25-24-16(18(27)12-6-4-5-7-15(12)26)17-19(28)23-14-10-11(21)8-9-13(14)22-17/h4-10,18,25-27H,1-3H3,(H,23,28)/b24-16+/t18-/m0/s1. The quantitative estimate of drug-likeness (QED) is 0.397. The van der Waals surface area contributed by atoms with Gasteiger partial charge in [0, 0.05) is 16.1 Å². The van der Waals surface area contributed by atoms with Crippen LogP contribution >= 0.6 is 11.6 Å². The second-order valence-electron chi connectivity index (χ2n) is 7.40. The van der Waals surface area contributed by atoms with Crippen LogP contribution in [0, 0.1) is 0 Å². The van der Waals surface area contributed by atoms with E-state index in [4.69, 9.17) is 11.6 Å². The molecule has 0 amide bonds. The van der Waals surface area contributed by atoms with Crippen LogP contribution in [-0.2, 0) is 0 Å². The molecule has 4 N–H and O–H groups in total. The minimum absolute atomic E-state index is 0.00507. The van der Waals surface area contributed by atoms with E-state index in [1.807, 2.05) is 20.8 Å². The Morgan fingerprint density at radius 3 is 2.64 bits per heavy atom. The predicted molar refractivity (Wildman–Crippen MR) is 110 cm³/mol. The van der Waals surface area contributed by atoms with E-state index in [1.165, 1.54) is 6.07 Å². The van der Waals surface area contributed by atoms with Crippen LogP contribution in [0.2, 0.25) is 5.02 Å². The van der Waals surface area contributed by atoms with E-state index < -0.39 is 17.2 Å². The monoisotopic (exact) mass is 400 g/mol. The van der Waals surface area contributed by atoms with E-state index in [0.29, 0.717) is 16.1 Å². The third-order valence-corrected chi connectivity index (χ3v) is 4.13. The number of nitrogens with one attached hydrogen (secondary N) is 2. The summed E-state index contributed by atoms with van der Waals surface area (Å²) in [5, 5.41) is 25.8. The Bertz CT molecular complexity index is 1100. The molecule has 8 heteroatoms. The molecule has 146 valence electrons. The van der Waals surface area contributed by atoms with Crippen LogP contribution in [0.25, 0.3) is 11.0 Å². The number of aromatic hydroxyl groups is 1. The molecule has 0 aliphatic carbocycles. The average molecular weight is 401 g/mol. The maximum atomic E-state index is 12.7. The van der Waals surface area contributed by atoms with Crippen LogP contribution in [0.3, 0.4) is 0 Å². The third kappa shape index (κ3) is 4.32. The van der Waals surface area contributed by atoms with Crippen LogP contribution in [0.4, 0.5) is 0 Å². The fourth-order valence-electron chi connectivity index (χ4n) is 2.57. The smallest absolute Gasteiger partial charge is 0.276 e. The molecule has 0 saturated carbocycles. The molecule has 1 heterocycles. The van der Waals surface area contributed by atoms with Crippen molar-refractivity contribution < 1.29 is 10.2 Å². The van der Waals surface area contributed by atoms with Gasteiger partial charge in [-0.2, -0.15) is 5.10 Å². The number of aromatic amines is 1. The van der Waals surface area contributed by atoms with E-state index in [-0.39, 0.29) is 22.7 Å². The van der Waals surface area contributed by atoms with Gasteiger partial charge in [0.15, 0.2) is 5.69 Å². The van der Waals surface area contributed by atoms with Crippen LogP contribution in [-0.4, -0.2) is 31.4 Å². The zero-order valence-corrected chi connectivity index (χ0v) is 16.4. The number of aromatic nitrogens is 2. The number of para-hydroxylation sites is 1.